The monoisotopic (exact) mass is 361 g/mol. The second-order valence-corrected chi connectivity index (χ2v) is 5.90. The SMILES string of the molecule is CCCN(CC(=O)Nc1ccc(Cl)cc1)C(=O)C(C)C(C)N.Cl. The Bertz CT molecular complexity index is 507. The van der Waals surface area contributed by atoms with Crippen molar-refractivity contribution in [1.82, 2.24) is 4.90 Å². The lowest BCUT2D eigenvalue weighted by Gasteiger charge is -2.26. The van der Waals surface area contributed by atoms with Crippen LogP contribution in [0.15, 0.2) is 24.3 Å². The molecule has 0 aliphatic heterocycles. The third-order valence-corrected chi connectivity index (χ3v) is 3.70. The second kappa shape index (κ2) is 10.5. The van der Waals surface area contributed by atoms with E-state index in [1.54, 1.807) is 43.0 Å². The molecule has 2 unspecified atom stereocenters. The average molecular weight is 362 g/mol. The van der Waals surface area contributed by atoms with Crippen molar-refractivity contribution in [1.29, 1.82) is 0 Å². The van der Waals surface area contributed by atoms with E-state index in [0.29, 0.717) is 17.3 Å². The number of amides is 2. The molecule has 0 radical (unpaired) electrons. The number of anilines is 1. The highest BCUT2D eigenvalue weighted by atomic mass is 35.5. The van der Waals surface area contributed by atoms with E-state index in [2.05, 4.69) is 5.32 Å². The first-order valence-corrected chi connectivity index (χ1v) is 7.82. The predicted octanol–water partition coefficient (Wildman–Crippen LogP) is 2.92. The van der Waals surface area contributed by atoms with E-state index in [-0.39, 0.29) is 42.7 Å². The van der Waals surface area contributed by atoms with Gasteiger partial charge in [0.2, 0.25) is 11.8 Å². The number of benzene rings is 1. The Morgan fingerprint density at radius 2 is 1.83 bits per heavy atom. The van der Waals surface area contributed by atoms with Gasteiger partial charge in [0.15, 0.2) is 0 Å². The van der Waals surface area contributed by atoms with Crippen molar-refractivity contribution < 1.29 is 9.59 Å². The maximum absolute atomic E-state index is 12.4. The van der Waals surface area contributed by atoms with Crippen LogP contribution in [-0.4, -0.2) is 35.8 Å². The van der Waals surface area contributed by atoms with Gasteiger partial charge in [0.1, 0.15) is 0 Å². The zero-order valence-corrected chi connectivity index (χ0v) is 15.3. The molecule has 1 aromatic rings. The molecule has 0 aliphatic rings. The fourth-order valence-corrected chi connectivity index (χ4v) is 2.08. The first-order valence-electron chi connectivity index (χ1n) is 7.45. The first-order chi connectivity index (χ1) is 10.3. The summed E-state index contributed by atoms with van der Waals surface area (Å²) in [6, 6.07) is 6.59. The summed E-state index contributed by atoms with van der Waals surface area (Å²) in [6.45, 7) is 6.09. The molecule has 0 heterocycles. The highest BCUT2D eigenvalue weighted by Crippen LogP contribution is 2.13. The molecule has 7 heteroatoms. The summed E-state index contributed by atoms with van der Waals surface area (Å²) in [5.41, 5.74) is 6.43. The molecule has 130 valence electrons. The fraction of sp³-hybridized carbons (Fsp3) is 0.500. The van der Waals surface area contributed by atoms with Crippen LogP contribution in [-0.2, 0) is 9.59 Å². The highest BCUT2D eigenvalue weighted by Gasteiger charge is 2.24. The van der Waals surface area contributed by atoms with E-state index >= 15 is 0 Å². The molecule has 5 nitrogen and oxygen atoms in total. The Morgan fingerprint density at radius 3 is 2.30 bits per heavy atom. The van der Waals surface area contributed by atoms with Gasteiger partial charge in [0, 0.05) is 23.3 Å². The summed E-state index contributed by atoms with van der Waals surface area (Å²) < 4.78 is 0. The third-order valence-electron chi connectivity index (χ3n) is 3.45. The number of halogens is 2. The number of hydrogen-bond donors (Lipinski definition) is 2. The largest absolute Gasteiger partial charge is 0.333 e. The van der Waals surface area contributed by atoms with Crippen molar-refractivity contribution >= 4 is 41.5 Å². The Morgan fingerprint density at radius 1 is 1.26 bits per heavy atom. The Kier molecular flexibility index (Phi) is 9.88. The highest BCUT2D eigenvalue weighted by molar-refractivity contribution is 6.30. The minimum Gasteiger partial charge on any atom is -0.333 e. The standard InChI is InChI=1S/C16H24ClN3O2.ClH/c1-4-9-20(16(22)11(2)12(3)18)10-15(21)19-14-7-5-13(17)6-8-14;/h5-8,11-12H,4,9-10,18H2,1-3H3,(H,19,21);1H. The molecule has 0 spiro atoms. The Labute approximate surface area is 149 Å². The van der Waals surface area contributed by atoms with Crippen LogP contribution in [0.2, 0.25) is 5.02 Å². The molecule has 0 saturated carbocycles. The lowest BCUT2D eigenvalue weighted by molar-refractivity contribution is -0.138. The van der Waals surface area contributed by atoms with Crippen molar-refractivity contribution in [3.63, 3.8) is 0 Å². The number of nitrogens with two attached hydrogens (primary N) is 1. The van der Waals surface area contributed by atoms with Gasteiger partial charge in [-0.2, -0.15) is 0 Å². The van der Waals surface area contributed by atoms with Crippen LogP contribution < -0.4 is 11.1 Å². The van der Waals surface area contributed by atoms with E-state index in [0.717, 1.165) is 6.42 Å². The molecule has 0 saturated heterocycles. The van der Waals surface area contributed by atoms with Crippen molar-refractivity contribution in [2.45, 2.75) is 33.2 Å². The molecule has 0 aliphatic carbocycles. The van der Waals surface area contributed by atoms with Gasteiger partial charge in [-0.1, -0.05) is 25.4 Å². The van der Waals surface area contributed by atoms with Crippen molar-refractivity contribution in [3.05, 3.63) is 29.3 Å². The van der Waals surface area contributed by atoms with E-state index in [1.165, 1.54) is 0 Å². The fourth-order valence-electron chi connectivity index (χ4n) is 1.96. The summed E-state index contributed by atoms with van der Waals surface area (Å²) in [4.78, 5) is 26.0. The van der Waals surface area contributed by atoms with Gasteiger partial charge in [0.25, 0.3) is 0 Å². The zero-order chi connectivity index (χ0) is 16.7. The van der Waals surface area contributed by atoms with E-state index in [4.69, 9.17) is 17.3 Å². The summed E-state index contributed by atoms with van der Waals surface area (Å²) in [7, 11) is 0. The van der Waals surface area contributed by atoms with E-state index in [1.807, 2.05) is 6.92 Å². The van der Waals surface area contributed by atoms with Crippen LogP contribution in [0, 0.1) is 5.92 Å². The molecule has 2 amide bonds. The van der Waals surface area contributed by atoms with Crippen LogP contribution in [0.4, 0.5) is 5.69 Å². The topological polar surface area (TPSA) is 75.4 Å². The zero-order valence-electron chi connectivity index (χ0n) is 13.7. The third kappa shape index (κ3) is 7.20. The molecular formula is C16H25Cl2N3O2. The molecular weight excluding hydrogens is 337 g/mol. The summed E-state index contributed by atoms with van der Waals surface area (Å²) >= 11 is 5.80. The molecule has 2 atom stereocenters. The number of carbonyl (C=O) groups is 2. The van der Waals surface area contributed by atoms with Gasteiger partial charge in [-0.05, 0) is 37.6 Å². The number of carbonyl (C=O) groups excluding carboxylic acids is 2. The molecule has 23 heavy (non-hydrogen) atoms. The van der Waals surface area contributed by atoms with Crippen molar-refractivity contribution in [3.8, 4) is 0 Å². The number of hydrogen-bond acceptors (Lipinski definition) is 3. The quantitative estimate of drug-likeness (QED) is 0.783. The van der Waals surface area contributed by atoms with Crippen LogP contribution >= 0.6 is 24.0 Å². The van der Waals surface area contributed by atoms with Gasteiger partial charge in [-0.3, -0.25) is 9.59 Å². The maximum Gasteiger partial charge on any atom is 0.243 e. The maximum atomic E-state index is 12.4. The number of nitrogens with zero attached hydrogens (tertiary/aromatic N) is 1. The smallest absolute Gasteiger partial charge is 0.243 e. The lowest BCUT2D eigenvalue weighted by Crippen LogP contribution is -2.45. The van der Waals surface area contributed by atoms with Crippen LogP contribution in [0.1, 0.15) is 27.2 Å². The van der Waals surface area contributed by atoms with Crippen molar-refractivity contribution in [2.75, 3.05) is 18.4 Å². The van der Waals surface area contributed by atoms with Crippen LogP contribution in [0.3, 0.4) is 0 Å². The first kappa shape index (κ1) is 21.7. The molecule has 0 fully saturated rings. The molecule has 0 aromatic heterocycles. The predicted molar refractivity (Wildman–Crippen MR) is 97.0 cm³/mol. The summed E-state index contributed by atoms with van der Waals surface area (Å²) in [5, 5.41) is 3.36. The normalized spacial score (nSPS) is 12.7. The van der Waals surface area contributed by atoms with Gasteiger partial charge < -0.3 is 16.0 Å². The van der Waals surface area contributed by atoms with Crippen LogP contribution in [0.5, 0.6) is 0 Å². The van der Waals surface area contributed by atoms with Gasteiger partial charge in [0.05, 0.1) is 12.5 Å². The van der Waals surface area contributed by atoms with Gasteiger partial charge in [-0.15, -0.1) is 12.4 Å². The minimum atomic E-state index is -0.310. The van der Waals surface area contributed by atoms with E-state index < -0.39 is 0 Å². The van der Waals surface area contributed by atoms with Crippen molar-refractivity contribution in [2.24, 2.45) is 11.7 Å². The molecule has 3 N–H and O–H groups in total. The average Bonchev–Trinajstić information content (AvgIpc) is 2.47. The van der Waals surface area contributed by atoms with Crippen LogP contribution in [0.25, 0.3) is 0 Å². The Balaban J connectivity index is 0.00000484. The van der Waals surface area contributed by atoms with E-state index in [9.17, 15) is 9.59 Å². The number of rotatable bonds is 7. The number of nitrogens with one attached hydrogen (secondary N) is 1. The summed E-state index contributed by atoms with van der Waals surface area (Å²) in [6.07, 6.45) is 0.783. The summed E-state index contributed by atoms with van der Waals surface area (Å²) in [5.74, 6) is -0.640. The van der Waals surface area contributed by atoms with Gasteiger partial charge >= 0.3 is 0 Å². The Hall–Kier alpha value is -1.30. The second-order valence-electron chi connectivity index (χ2n) is 5.46. The lowest BCUT2D eigenvalue weighted by atomic mass is 10.0. The minimum absolute atomic E-state index is 0. The molecule has 1 rings (SSSR count). The molecule has 1 aromatic carbocycles. The van der Waals surface area contributed by atoms with Gasteiger partial charge in [-0.25, -0.2) is 0 Å². The molecule has 0 bridgehead atoms.